The summed E-state index contributed by atoms with van der Waals surface area (Å²) >= 11 is 0. The van der Waals surface area contributed by atoms with Gasteiger partial charge in [0.15, 0.2) is 0 Å². The third kappa shape index (κ3) is 4.27. The highest BCUT2D eigenvalue weighted by molar-refractivity contribution is 6.09. The number of hydrogen-bond acceptors (Lipinski definition) is 4. The fourth-order valence-electron chi connectivity index (χ4n) is 1.88. The van der Waals surface area contributed by atoms with Crippen LogP contribution >= 0.6 is 0 Å². The summed E-state index contributed by atoms with van der Waals surface area (Å²) in [4.78, 5) is 23.4. The van der Waals surface area contributed by atoms with Crippen LogP contribution < -0.4 is 5.32 Å². The van der Waals surface area contributed by atoms with Gasteiger partial charge in [0, 0.05) is 5.69 Å². The van der Waals surface area contributed by atoms with Gasteiger partial charge in [-0.1, -0.05) is 12.1 Å². The van der Waals surface area contributed by atoms with Crippen LogP contribution in [0.5, 0.6) is 0 Å². The first kappa shape index (κ1) is 16.9. The number of carbonyl (C=O) groups is 2. The number of esters is 1. The quantitative estimate of drug-likeness (QED) is 0.532. The van der Waals surface area contributed by atoms with Crippen molar-refractivity contribution < 1.29 is 18.7 Å². The highest BCUT2D eigenvalue weighted by Crippen LogP contribution is 2.13. The van der Waals surface area contributed by atoms with Crippen molar-refractivity contribution in [2.24, 2.45) is 0 Å². The van der Waals surface area contributed by atoms with Crippen molar-refractivity contribution in [2.45, 2.75) is 0 Å². The van der Waals surface area contributed by atoms with E-state index in [9.17, 15) is 14.0 Å². The van der Waals surface area contributed by atoms with Crippen molar-refractivity contribution >= 4 is 23.6 Å². The largest absolute Gasteiger partial charge is 0.465 e. The molecule has 2 aromatic carbocycles. The molecule has 120 valence electrons. The van der Waals surface area contributed by atoms with Crippen molar-refractivity contribution in [3.05, 3.63) is 71.0 Å². The van der Waals surface area contributed by atoms with Crippen LogP contribution in [-0.2, 0) is 9.53 Å². The van der Waals surface area contributed by atoms with E-state index >= 15 is 0 Å². The average Bonchev–Trinajstić information content (AvgIpc) is 2.61. The van der Waals surface area contributed by atoms with E-state index in [4.69, 9.17) is 5.26 Å². The highest BCUT2D eigenvalue weighted by atomic mass is 19.1. The molecule has 24 heavy (non-hydrogen) atoms. The van der Waals surface area contributed by atoms with Crippen LogP contribution in [0.2, 0.25) is 0 Å². The lowest BCUT2D eigenvalue weighted by Gasteiger charge is -2.04. The summed E-state index contributed by atoms with van der Waals surface area (Å²) < 4.78 is 17.4. The Morgan fingerprint density at radius 3 is 2.29 bits per heavy atom. The van der Waals surface area contributed by atoms with Crippen molar-refractivity contribution in [1.29, 1.82) is 5.26 Å². The number of nitrogens with zero attached hydrogens (tertiary/aromatic N) is 1. The Labute approximate surface area is 138 Å². The van der Waals surface area contributed by atoms with E-state index in [2.05, 4.69) is 10.1 Å². The first-order valence-corrected chi connectivity index (χ1v) is 6.90. The van der Waals surface area contributed by atoms with Gasteiger partial charge in [0.25, 0.3) is 5.91 Å². The number of carbonyl (C=O) groups excluding carboxylic acids is 2. The number of hydrogen-bond donors (Lipinski definition) is 1. The summed E-state index contributed by atoms with van der Waals surface area (Å²) in [5.74, 6) is -1.50. The molecular weight excluding hydrogens is 311 g/mol. The number of benzene rings is 2. The van der Waals surface area contributed by atoms with Gasteiger partial charge in [-0.05, 0) is 48.0 Å². The Morgan fingerprint density at radius 1 is 1.12 bits per heavy atom. The topological polar surface area (TPSA) is 79.2 Å². The van der Waals surface area contributed by atoms with E-state index in [1.54, 1.807) is 12.1 Å². The number of halogens is 1. The molecule has 0 saturated heterocycles. The van der Waals surface area contributed by atoms with Gasteiger partial charge in [-0.2, -0.15) is 5.26 Å². The van der Waals surface area contributed by atoms with Crippen LogP contribution in [0, 0.1) is 17.1 Å². The van der Waals surface area contributed by atoms with E-state index in [1.807, 2.05) is 6.07 Å². The van der Waals surface area contributed by atoms with E-state index in [0.717, 1.165) is 0 Å². The number of amides is 1. The minimum absolute atomic E-state index is 0.120. The number of nitrogens with one attached hydrogen (secondary N) is 1. The fourth-order valence-corrected chi connectivity index (χ4v) is 1.88. The summed E-state index contributed by atoms with van der Waals surface area (Å²) in [6.45, 7) is 0. The normalized spacial score (nSPS) is 10.6. The highest BCUT2D eigenvalue weighted by Gasteiger charge is 2.10. The second-order valence-electron chi connectivity index (χ2n) is 4.74. The lowest BCUT2D eigenvalue weighted by molar-refractivity contribution is -0.112. The predicted octanol–water partition coefficient (Wildman–Crippen LogP) is 3.16. The average molecular weight is 324 g/mol. The number of anilines is 1. The van der Waals surface area contributed by atoms with Crippen LogP contribution in [-0.4, -0.2) is 19.0 Å². The molecule has 0 aliphatic rings. The first-order valence-electron chi connectivity index (χ1n) is 6.90. The van der Waals surface area contributed by atoms with Crippen LogP contribution in [0.4, 0.5) is 10.1 Å². The minimum Gasteiger partial charge on any atom is -0.465 e. The molecule has 0 aliphatic heterocycles. The second-order valence-corrected chi connectivity index (χ2v) is 4.74. The maximum Gasteiger partial charge on any atom is 0.337 e. The van der Waals surface area contributed by atoms with Gasteiger partial charge < -0.3 is 10.1 Å². The van der Waals surface area contributed by atoms with Gasteiger partial charge in [0.1, 0.15) is 17.5 Å². The van der Waals surface area contributed by atoms with Gasteiger partial charge in [0.2, 0.25) is 0 Å². The summed E-state index contributed by atoms with van der Waals surface area (Å²) in [5, 5.41) is 11.7. The number of ether oxygens (including phenoxy) is 1. The van der Waals surface area contributed by atoms with Gasteiger partial charge in [-0.3, -0.25) is 4.79 Å². The monoisotopic (exact) mass is 324 g/mol. The van der Waals surface area contributed by atoms with Crippen molar-refractivity contribution in [1.82, 2.24) is 0 Å². The van der Waals surface area contributed by atoms with Gasteiger partial charge in [0.05, 0.1) is 12.7 Å². The molecule has 5 nitrogen and oxygen atoms in total. The molecule has 2 aromatic rings. The molecule has 0 unspecified atom stereocenters. The maximum atomic E-state index is 12.8. The fraction of sp³-hybridized carbons (Fsp3) is 0.0556. The molecule has 0 aromatic heterocycles. The van der Waals surface area contributed by atoms with E-state index in [0.29, 0.717) is 16.8 Å². The van der Waals surface area contributed by atoms with E-state index in [1.165, 1.54) is 49.6 Å². The van der Waals surface area contributed by atoms with Gasteiger partial charge in [-0.25, -0.2) is 9.18 Å². The lowest BCUT2D eigenvalue weighted by atomic mass is 10.1. The van der Waals surface area contributed by atoms with Gasteiger partial charge in [-0.15, -0.1) is 0 Å². The second kappa shape index (κ2) is 7.70. The zero-order valence-corrected chi connectivity index (χ0v) is 12.7. The molecule has 1 N–H and O–H groups in total. The minimum atomic E-state index is -0.610. The Kier molecular flexibility index (Phi) is 5.42. The summed E-state index contributed by atoms with van der Waals surface area (Å²) in [5.41, 5.74) is 1.20. The first-order chi connectivity index (χ1) is 11.5. The standard InChI is InChI=1S/C18H13FN2O3/c1-24-18(23)13-4-2-12(3-5-13)10-14(11-20)17(22)21-16-8-6-15(19)7-9-16/h2-10H,1H3,(H,21,22)/b14-10-. The third-order valence-electron chi connectivity index (χ3n) is 3.11. The van der Waals surface area contributed by atoms with Crippen LogP contribution in [0.25, 0.3) is 6.08 Å². The van der Waals surface area contributed by atoms with E-state index < -0.39 is 17.7 Å². The number of nitriles is 1. The van der Waals surface area contributed by atoms with Crippen LogP contribution in [0.3, 0.4) is 0 Å². The molecule has 6 heteroatoms. The lowest BCUT2D eigenvalue weighted by Crippen LogP contribution is -2.13. The number of rotatable bonds is 4. The molecule has 0 heterocycles. The Balaban J connectivity index is 2.16. The SMILES string of the molecule is COC(=O)c1ccc(/C=C(/C#N)C(=O)Nc2ccc(F)cc2)cc1. The van der Waals surface area contributed by atoms with Crippen LogP contribution in [0.15, 0.2) is 54.1 Å². The zero-order chi connectivity index (χ0) is 17.5. The number of methoxy groups -OCH3 is 1. The molecule has 0 spiro atoms. The molecular formula is C18H13FN2O3. The molecule has 0 atom stereocenters. The molecule has 0 radical (unpaired) electrons. The zero-order valence-electron chi connectivity index (χ0n) is 12.7. The Hall–Kier alpha value is -3.46. The Morgan fingerprint density at radius 2 is 1.75 bits per heavy atom. The molecule has 0 fully saturated rings. The molecule has 0 aliphatic carbocycles. The summed E-state index contributed by atoms with van der Waals surface area (Å²) in [6, 6.07) is 13.3. The van der Waals surface area contributed by atoms with Crippen LogP contribution in [0.1, 0.15) is 15.9 Å². The molecule has 2 rings (SSSR count). The molecule has 0 bridgehead atoms. The smallest absolute Gasteiger partial charge is 0.337 e. The molecule has 0 saturated carbocycles. The van der Waals surface area contributed by atoms with Gasteiger partial charge >= 0.3 is 5.97 Å². The predicted molar refractivity (Wildman–Crippen MR) is 86.4 cm³/mol. The molecule has 1 amide bonds. The third-order valence-corrected chi connectivity index (χ3v) is 3.11. The summed E-state index contributed by atoms with van der Waals surface area (Å²) in [7, 11) is 1.28. The van der Waals surface area contributed by atoms with E-state index in [-0.39, 0.29) is 5.57 Å². The Bertz CT molecular complexity index is 819. The van der Waals surface area contributed by atoms with Crippen molar-refractivity contribution in [3.63, 3.8) is 0 Å². The summed E-state index contributed by atoms with van der Waals surface area (Å²) in [6.07, 6.45) is 1.39. The maximum absolute atomic E-state index is 12.8. The van der Waals surface area contributed by atoms with Crippen molar-refractivity contribution in [2.75, 3.05) is 12.4 Å². The van der Waals surface area contributed by atoms with Crippen molar-refractivity contribution in [3.8, 4) is 6.07 Å².